The second-order valence-corrected chi connectivity index (χ2v) is 7.01. The molecule has 0 atom stereocenters. The molecule has 0 heterocycles. The molecule has 1 fully saturated rings. The van der Waals surface area contributed by atoms with Gasteiger partial charge in [0.25, 0.3) is 10.1 Å². The van der Waals surface area contributed by atoms with E-state index >= 15 is 0 Å². The maximum atomic E-state index is 10.6. The maximum Gasteiger partial charge on any atom is 1.00 e. The Morgan fingerprint density at radius 2 is 1.81 bits per heavy atom. The van der Waals surface area contributed by atoms with Crippen molar-refractivity contribution in [1.82, 2.24) is 0 Å². The summed E-state index contributed by atoms with van der Waals surface area (Å²) >= 11 is 0. The van der Waals surface area contributed by atoms with E-state index < -0.39 is 10.1 Å². The van der Waals surface area contributed by atoms with Gasteiger partial charge >= 0.3 is 1.43 Å². The number of hydrogen-bond donors (Lipinski definition) is 1. The lowest BCUT2D eigenvalue weighted by atomic mass is 9.93. The zero-order chi connectivity index (χ0) is 12.2. The van der Waals surface area contributed by atoms with E-state index in [4.69, 9.17) is 4.55 Å². The zero-order valence-corrected chi connectivity index (χ0v) is 11.2. The molecule has 0 bridgehead atoms. The van der Waals surface area contributed by atoms with Crippen molar-refractivity contribution >= 4 is 10.1 Å². The Balaban J connectivity index is 0.00000256. The second-order valence-electron chi connectivity index (χ2n) is 5.43. The third-order valence-electron chi connectivity index (χ3n) is 3.70. The molecule has 1 N–H and O–H groups in total. The first-order valence-corrected chi connectivity index (χ1v) is 7.70. The van der Waals surface area contributed by atoms with Crippen LogP contribution in [0.1, 0.15) is 40.0 Å². The van der Waals surface area contributed by atoms with Crippen LogP contribution < -0.4 is 0 Å². The molecule has 0 aromatic heterocycles. The molecule has 0 unspecified atom stereocenters. The van der Waals surface area contributed by atoms with Crippen molar-refractivity contribution < 1.29 is 18.9 Å². The van der Waals surface area contributed by atoms with Crippen LogP contribution in [0.3, 0.4) is 0 Å². The van der Waals surface area contributed by atoms with E-state index in [1.165, 1.54) is 32.1 Å². The quantitative estimate of drug-likeness (QED) is 0.598. The third kappa shape index (κ3) is 4.80. The summed E-state index contributed by atoms with van der Waals surface area (Å²) < 4.78 is 30.9. The molecule has 4 nitrogen and oxygen atoms in total. The average Bonchev–Trinajstić information content (AvgIpc) is 2.17. The minimum absolute atomic E-state index is 0. The fourth-order valence-electron chi connectivity index (χ4n) is 2.62. The lowest BCUT2D eigenvalue weighted by Crippen LogP contribution is -2.50. The molecule has 0 radical (unpaired) electrons. The summed E-state index contributed by atoms with van der Waals surface area (Å²) in [5, 5.41) is 0. The summed E-state index contributed by atoms with van der Waals surface area (Å²) in [6.45, 7) is 0.824. The molecule has 1 aliphatic rings. The minimum Gasteiger partial charge on any atom is -0.326 e. The molecule has 96 valence electrons. The van der Waals surface area contributed by atoms with Crippen molar-refractivity contribution in [2.75, 3.05) is 26.4 Å². The predicted octanol–water partition coefficient (Wildman–Crippen LogP) is 1.79. The van der Waals surface area contributed by atoms with Crippen molar-refractivity contribution in [2.45, 2.75) is 44.6 Å². The molecule has 5 heteroatoms. The Morgan fingerprint density at radius 3 is 2.31 bits per heavy atom. The van der Waals surface area contributed by atoms with Crippen LogP contribution in [0.25, 0.3) is 0 Å². The van der Waals surface area contributed by atoms with Gasteiger partial charge in [0.2, 0.25) is 0 Å². The molecule has 0 saturated heterocycles. The molecule has 1 rings (SSSR count). The van der Waals surface area contributed by atoms with Crippen LogP contribution in [-0.4, -0.2) is 49.9 Å². The van der Waals surface area contributed by atoms with E-state index in [1.54, 1.807) is 0 Å². The van der Waals surface area contributed by atoms with Crippen molar-refractivity contribution in [2.24, 2.45) is 0 Å². The van der Waals surface area contributed by atoms with Crippen LogP contribution in [0.5, 0.6) is 0 Å². The third-order valence-corrected chi connectivity index (χ3v) is 4.50. The molecule has 0 amide bonds. The van der Waals surface area contributed by atoms with Gasteiger partial charge in [-0.25, -0.2) is 0 Å². The van der Waals surface area contributed by atoms with Gasteiger partial charge < -0.3 is 4.48 Å². The van der Waals surface area contributed by atoms with E-state index in [9.17, 15) is 8.42 Å². The van der Waals surface area contributed by atoms with Gasteiger partial charge in [-0.1, -0.05) is 6.42 Å². The van der Waals surface area contributed by atoms with Gasteiger partial charge in [-0.15, -0.1) is 0 Å². The SMILES string of the molecule is C[N+](C)(CCCS(=O)(=O)O)C1CCCCC1.[H+]. The van der Waals surface area contributed by atoms with Gasteiger partial charge in [-0.2, -0.15) is 8.42 Å². The van der Waals surface area contributed by atoms with Gasteiger partial charge in [0, 0.05) is 6.42 Å². The maximum absolute atomic E-state index is 10.6. The van der Waals surface area contributed by atoms with E-state index in [0.717, 1.165) is 11.0 Å². The van der Waals surface area contributed by atoms with Gasteiger partial charge in [-0.05, 0) is 25.7 Å². The Kier molecular flexibility index (Phi) is 4.76. The molecule has 0 spiro atoms. The number of rotatable bonds is 5. The number of nitrogens with zero attached hydrogens (tertiary/aromatic N) is 1. The van der Waals surface area contributed by atoms with E-state index in [1.807, 2.05) is 0 Å². The molecule has 1 aliphatic carbocycles. The highest BCUT2D eigenvalue weighted by molar-refractivity contribution is 7.85. The summed E-state index contributed by atoms with van der Waals surface area (Å²) in [6.07, 6.45) is 6.97. The van der Waals surface area contributed by atoms with Gasteiger partial charge in [0.1, 0.15) is 0 Å². The first-order chi connectivity index (χ1) is 7.31. The Hall–Kier alpha value is -0.130. The van der Waals surface area contributed by atoms with Crippen LogP contribution in [0, 0.1) is 0 Å². The molecular weight excluding hydrogens is 226 g/mol. The summed E-state index contributed by atoms with van der Waals surface area (Å²) in [4.78, 5) is 0. The standard InChI is InChI=1S/C11H23NO3S/c1-12(2,9-6-10-16(13,14)15)11-7-4-3-5-8-11/h11H,3-10H2,1-2H3/p+2. The normalized spacial score (nSPS) is 19.9. The van der Waals surface area contributed by atoms with Crippen LogP contribution in [-0.2, 0) is 10.1 Å². The lowest BCUT2D eigenvalue weighted by Gasteiger charge is -2.40. The topological polar surface area (TPSA) is 54.4 Å². The van der Waals surface area contributed by atoms with E-state index in [0.29, 0.717) is 12.5 Å². The highest BCUT2D eigenvalue weighted by atomic mass is 32.2. The van der Waals surface area contributed by atoms with Crippen molar-refractivity contribution in [3.05, 3.63) is 0 Å². The monoisotopic (exact) mass is 251 g/mol. The smallest absolute Gasteiger partial charge is 0.326 e. The summed E-state index contributed by atoms with van der Waals surface area (Å²) in [5.41, 5.74) is 0. The minimum atomic E-state index is -3.79. The molecule has 1 saturated carbocycles. The Labute approximate surface area is 100 Å². The van der Waals surface area contributed by atoms with Crippen LogP contribution in [0.15, 0.2) is 0 Å². The lowest BCUT2D eigenvalue weighted by molar-refractivity contribution is -0.916. The van der Waals surface area contributed by atoms with Crippen molar-refractivity contribution in [1.29, 1.82) is 0 Å². The van der Waals surface area contributed by atoms with Crippen LogP contribution in [0.4, 0.5) is 0 Å². The fraction of sp³-hybridized carbons (Fsp3) is 1.00. The number of hydrogen-bond acceptors (Lipinski definition) is 2. The summed E-state index contributed by atoms with van der Waals surface area (Å²) in [5.74, 6) is -0.110. The van der Waals surface area contributed by atoms with E-state index in [-0.39, 0.29) is 7.18 Å². The van der Waals surface area contributed by atoms with Crippen molar-refractivity contribution in [3.63, 3.8) is 0 Å². The average molecular weight is 251 g/mol. The van der Waals surface area contributed by atoms with Gasteiger partial charge in [0.15, 0.2) is 0 Å². The first kappa shape index (κ1) is 13.9. The Bertz CT molecular complexity index is 311. The van der Waals surface area contributed by atoms with Gasteiger partial charge in [0.05, 0.1) is 32.4 Å². The zero-order valence-electron chi connectivity index (χ0n) is 11.4. The summed E-state index contributed by atoms with van der Waals surface area (Å²) in [6, 6.07) is 0.662. The van der Waals surface area contributed by atoms with Gasteiger partial charge in [-0.3, -0.25) is 4.55 Å². The van der Waals surface area contributed by atoms with E-state index in [2.05, 4.69) is 14.1 Å². The molecule has 0 aliphatic heterocycles. The van der Waals surface area contributed by atoms with Crippen LogP contribution in [0.2, 0.25) is 0 Å². The molecule has 0 aromatic carbocycles. The highest BCUT2D eigenvalue weighted by Crippen LogP contribution is 2.25. The largest absolute Gasteiger partial charge is 1.00 e. The second kappa shape index (κ2) is 5.47. The van der Waals surface area contributed by atoms with Crippen LogP contribution >= 0.6 is 0 Å². The number of quaternary nitrogens is 1. The molecular formula is C11H25NO3S+2. The predicted molar refractivity (Wildman–Crippen MR) is 66.0 cm³/mol. The van der Waals surface area contributed by atoms with Crippen molar-refractivity contribution in [3.8, 4) is 0 Å². The molecule has 16 heavy (non-hydrogen) atoms. The Morgan fingerprint density at radius 1 is 1.25 bits per heavy atom. The highest BCUT2D eigenvalue weighted by Gasteiger charge is 2.29. The fourth-order valence-corrected chi connectivity index (χ4v) is 3.11. The first-order valence-electron chi connectivity index (χ1n) is 6.09. The molecule has 0 aromatic rings. The summed E-state index contributed by atoms with van der Waals surface area (Å²) in [7, 11) is 0.546.